The van der Waals surface area contributed by atoms with Crippen LogP contribution in [0.2, 0.25) is 0 Å². The van der Waals surface area contributed by atoms with Crippen molar-refractivity contribution in [2.45, 2.75) is 37.1 Å². The zero-order valence-corrected chi connectivity index (χ0v) is 25.0. The summed E-state index contributed by atoms with van der Waals surface area (Å²) in [7, 11) is -4.20. The Morgan fingerprint density at radius 2 is 1.75 bits per heavy atom. The number of sulfonamides is 1. The number of piperidine rings is 1. The number of carbonyl (C=O) groups is 4. The number of hydrogen-bond donors (Lipinski definition) is 6. The number of carboxylic acid groups (broad SMARTS) is 1. The van der Waals surface area contributed by atoms with Crippen LogP contribution in [0.1, 0.15) is 36.5 Å². The summed E-state index contributed by atoms with van der Waals surface area (Å²) in [5.41, 5.74) is 6.03. The summed E-state index contributed by atoms with van der Waals surface area (Å²) >= 11 is 0. The fraction of sp³-hybridized carbons (Fsp3) is 0.300. The second kappa shape index (κ2) is 15.6. The van der Waals surface area contributed by atoms with Crippen LogP contribution in [0.3, 0.4) is 0 Å². The molecule has 2 amide bonds. The standard InChI is InChI=1S/C28H32N6O5S.C2H4O2/c29-28(30)34-13-5-6-19(17-34)16-31-27(37)25(15-26(36)23-9-3-4-10-24(23)32-18-35)33-40(38,39)22-12-11-20-7-1-2-8-21(20)14-22;1-2(3)4/h1-4,7-12,14,18-19,25,33H,5-6,13,15-17H2,(H3,29,30)(H,31,37)(H,32,35);1H3,(H,3,4). The molecule has 1 heterocycles. The average molecular weight is 625 g/mol. The Morgan fingerprint density at radius 1 is 1.09 bits per heavy atom. The molecule has 1 saturated heterocycles. The zero-order valence-electron chi connectivity index (χ0n) is 24.2. The van der Waals surface area contributed by atoms with Gasteiger partial charge < -0.3 is 26.4 Å². The molecule has 234 valence electrons. The van der Waals surface area contributed by atoms with Crippen LogP contribution in [0.25, 0.3) is 10.8 Å². The lowest BCUT2D eigenvalue weighted by Gasteiger charge is -2.33. The maximum atomic E-state index is 13.4. The van der Waals surface area contributed by atoms with Crippen molar-refractivity contribution in [2.75, 3.05) is 25.0 Å². The Hall–Kier alpha value is -4.82. The summed E-state index contributed by atoms with van der Waals surface area (Å²) in [5, 5.41) is 21.9. The molecule has 3 aromatic rings. The van der Waals surface area contributed by atoms with E-state index in [4.69, 9.17) is 21.0 Å². The van der Waals surface area contributed by atoms with Crippen molar-refractivity contribution in [3.8, 4) is 0 Å². The Bertz CT molecular complexity index is 1620. The highest BCUT2D eigenvalue weighted by Gasteiger charge is 2.30. The van der Waals surface area contributed by atoms with Gasteiger partial charge >= 0.3 is 0 Å². The molecule has 1 aliphatic rings. The van der Waals surface area contributed by atoms with E-state index >= 15 is 0 Å². The molecule has 1 fully saturated rings. The van der Waals surface area contributed by atoms with Crippen LogP contribution in [0.4, 0.5) is 5.69 Å². The number of para-hydroxylation sites is 1. The molecular weight excluding hydrogens is 588 g/mol. The first kappa shape index (κ1) is 33.7. The predicted octanol–water partition coefficient (Wildman–Crippen LogP) is 2.14. The minimum absolute atomic E-state index is 0.00700. The molecular formula is C30H36N6O7S. The molecule has 0 radical (unpaired) electrons. The van der Waals surface area contributed by atoms with E-state index < -0.39 is 40.1 Å². The van der Waals surface area contributed by atoms with Gasteiger partial charge in [0.05, 0.1) is 10.6 Å². The van der Waals surface area contributed by atoms with Crippen LogP contribution in [0.15, 0.2) is 71.6 Å². The minimum Gasteiger partial charge on any atom is -0.481 e. The van der Waals surface area contributed by atoms with Crippen LogP contribution in [0.5, 0.6) is 0 Å². The number of benzene rings is 3. The SMILES string of the molecule is CC(=O)O.N=C(N)N1CCCC(CNC(=O)C(CC(=O)c2ccccc2NC=O)NS(=O)(=O)c2ccc3ccccc3c2)C1. The van der Waals surface area contributed by atoms with Crippen molar-refractivity contribution >= 4 is 56.5 Å². The Morgan fingerprint density at radius 3 is 2.43 bits per heavy atom. The summed E-state index contributed by atoms with van der Waals surface area (Å²) in [4.78, 5) is 48.3. The van der Waals surface area contributed by atoms with E-state index in [0.29, 0.717) is 24.9 Å². The molecule has 4 rings (SSSR count). The lowest BCUT2D eigenvalue weighted by Crippen LogP contribution is -2.50. The fourth-order valence-electron chi connectivity index (χ4n) is 4.81. The highest BCUT2D eigenvalue weighted by Crippen LogP contribution is 2.21. The number of amides is 2. The maximum absolute atomic E-state index is 13.4. The van der Waals surface area contributed by atoms with Gasteiger partial charge in [0.15, 0.2) is 11.7 Å². The van der Waals surface area contributed by atoms with E-state index in [1.807, 2.05) is 12.1 Å². The van der Waals surface area contributed by atoms with Gasteiger partial charge in [0, 0.05) is 38.5 Å². The summed E-state index contributed by atoms with van der Waals surface area (Å²) in [6.45, 7) is 2.47. The summed E-state index contributed by atoms with van der Waals surface area (Å²) in [6, 6.07) is 16.8. The smallest absolute Gasteiger partial charge is 0.300 e. The van der Waals surface area contributed by atoms with Gasteiger partial charge in [-0.15, -0.1) is 0 Å². The first-order chi connectivity index (χ1) is 20.9. The third-order valence-electron chi connectivity index (χ3n) is 6.90. The number of aliphatic carboxylic acids is 1. The molecule has 2 unspecified atom stereocenters. The first-order valence-electron chi connectivity index (χ1n) is 13.8. The molecule has 0 saturated carbocycles. The monoisotopic (exact) mass is 624 g/mol. The quantitative estimate of drug-likeness (QED) is 0.0797. The van der Waals surface area contributed by atoms with Gasteiger partial charge in [-0.05, 0) is 53.8 Å². The third-order valence-corrected chi connectivity index (χ3v) is 8.37. The van der Waals surface area contributed by atoms with Crippen molar-refractivity contribution in [1.29, 1.82) is 5.41 Å². The lowest BCUT2D eigenvalue weighted by molar-refractivity contribution is -0.134. The Labute approximate surface area is 255 Å². The van der Waals surface area contributed by atoms with Crippen molar-refractivity contribution in [3.63, 3.8) is 0 Å². The van der Waals surface area contributed by atoms with Crippen LogP contribution in [-0.2, 0) is 24.4 Å². The molecule has 14 heteroatoms. The van der Waals surface area contributed by atoms with Crippen molar-refractivity contribution in [3.05, 3.63) is 72.3 Å². The van der Waals surface area contributed by atoms with Crippen molar-refractivity contribution < 1.29 is 32.7 Å². The summed E-state index contributed by atoms with van der Waals surface area (Å²) < 4.78 is 29.2. The predicted molar refractivity (Wildman–Crippen MR) is 166 cm³/mol. The van der Waals surface area contributed by atoms with Crippen LogP contribution < -0.4 is 21.1 Å². The Balaban J connectivity index is 0.00000124. The number of carbonyl (C=O) groups excluding carboxylic acids is 3. The van der Waals surface area contributed by atoms with Gasteiger partial charge in [0.1, 0.15) is 6.04 Å². The highest BCUT2D eigenvalue weighted by atomic mass is 32.2. The van der Waals surface area contributed by atoms with Crippen LogP contribution >= 0.6 is 0 Å². The molecule has 2 atom stereocenters. The lowest BCUT2D eigenvalue weighted by atomic mass is 9.97. The number of Topliss-reactive ketones (excluding diaryl/α,β-unsaturated/α-hetero) is 1. The molecule has 3 aromatic carbocycles. The van der Waals surface area contributed by atoms with E-state index in [0.717, 1.165) is 25.2 Å². The number of likely N-dealkylation sites (tertiary alicyclic amines) is 1. The molecule has 0 aliphatic carbocycles. The summed E-state index contributed by atoms with van der Waals surface area (Å²) in [5.74, 6) is -2.04. The Kier molecular flexibility index (Phi) is 11.9. The molecule has 0 aromatic heterocycles. The molecule has 1 aliphatic heterocycles. The largest absolute Gasteiger partial charge is 0.481 e. The maximum Gasteiger partial charge on any atom is 0.300 e. The number of rotatable bonds is 11. The first-order valence-corrected chi connectivity index (χ1v) is 15.3. The van der Waals surface area contributed by atoms with Crippen molar-refractivity contribution in [1.82, 2.24) is 14.9 Å². The third kappa shape index (κ3) is 9.61. The second-order valence-electron chi connectivity index (χ2n) is 10.2. The molecule has 13 nitrogen and oxygen atoms in total. The molecule has 0 spiro atoms. The van der Waals surface area contributed by atoms with E-state index in [1.54, 1.807) is 41.3 Å². The highest BCUT2D eigenvalue weighted by molar-refractivity contribution is 7.89. The normalized spacial score (nSPS) is 15.3. The van der Waals surface area contributed by atoms with Crippen molar-refractivity contribution in [2.24, 2.45) is 11.7 Å². The van der Waals surface area contributed by atoms with Gasteiger partial charge in [-0.2, -0.15) is 4.72 Å². The van der Waals surface area contributed by atoms with Gasteiger partial charge in [-0.3, -0.25) is 24.6 Å². The van der Waals surface area contributed by atoms with Crippen LogP contribution in [0, 0.1) is 11.3 Å². The number of hydrogen-bond acceptors (Lipinski definition) is 7. The zero-order chi connectivity index (χ0) is 32.3. The average Bonchev–Trinajstić information content (AvgIpc) is 2.99. The fourth-order valence-corrected chi connectivity index (χ4v) is 6.04. The van der Waals surface area contributed by atoms with E-state index in [-0.39, 0.29) is 34.6 Å². The minimum atomic E-state index is -4.20. The number of carboxylic acids is 1. The molecule has 7 N–H and O–H groups in total. The van der Waals surface area contributed by atoms with Crippen LogP contribution in [-0.4, -0.2) is 74.1 Å². The number of nitrogens with two attached hydrogens (primary N) is 1. The van der Waals surface area contributed by atoms with E-state index in [9.17, 15) is 22.8 Å². The van der Waals surface area contributed by atoms with Gasteiger partial charge in [-0.25, -0.2) is 8.42 Å². The van der Waals surface area contributed by atoms with Gasteiger partial charge in [-0.1, -0.05) is 42.5 Å². The van der Waals surface area contributed by atoms with Gasteiger partial charge in [0.2, 0.25) is 22.3 Å². The van der Waals surface area contributed by atoms with E-state index in [2.05, 4.69) is 15.4 Å². The summed E-state index contributed by atoms with van der Waals surface area (Å²) in [6.07, 6.45) is 1.58. The number of nitrogens with zero attached hydrogens (tertiary/aromatic N) is 1. The number of fused-ring (bicyclic) bond motifs is 1. The number of ketones is 1. The number of guanidine groups is 1. The number of anilines is 1. The van der Waals surface area contributed by atoms with E-state index in [1.165, 1.54) is 18.2 Å². The van der Waals surface area contributed by atoms with Gasteiger partial charge in [0.25, 0.3) is 5.97 Å². The topological polar surface area (TPSA) is 212 Å². The molecule has 44 heavy (non-hydrogen) atoms. The molecule has 0 bridgehead atoms. The number of nitrogens with one attached hydrogen (secondary N) is 4. The second-order valence-corrected chi connectivity index (χ2v) is 11.9.